The van der Waals surface area contributed by atoms with Crippen molar-refractivity contribution in [3.05, 3.63) is 58.4 Å². The summed E-state index contributed by atoms with van der Waals surface area (Å²) in [6.45, 7) is 7.03. The molecule has 0 radical (unpaired) electrons. The lowest BCUT2D eigenvalue weighted by Gasteiger charge is -2.13. The predicted molar refractivity (Wildman–Crippen MR) is 79.6 cm³/mol. The lowest BCUT2D eigenvalue weighted by molar-refractivity contribution is 0.481. The van der Waals surface area contributed by atoms with Crippen LogP contribution in [0, 0.1) is 33.5 Å². The summed E-state index contributed by atoms with van der Waals surface area (Å²) in [6, 6.07) is 7.31. The number of aryl methyl sites for hydroxylation is 4. The van der Waals surface area contributed by atoms with Gasteiger partial charge >= 0.3 is 10.1 Å². The van der Waals surface area contributed by atoms with Gasteiger partial charge in [0, 0.05) is 0 Å². The maximum atomic E-state index is 13.3. The Morgan fingerprint density at radius 1 is 0.905 bits per heavy atom. The van der Waals surface area contributed by atoms with Gasteiger partial charge in [-0.15, -0.1) is 0 Å². The van der Waals surface area contributed by atoms with Crippen molar-refractivity contribution in [2.45, 2.75) is 32.6 Å². The van der Waals surface area contributed by atoms with Crippen LogP contribution in [0.2, 0.25) is 0 Å². The van der Waals surface area contributed by atoms with Crippen molar-refractivity contribution in [2.75, 3.05) is 0 Å². The molecule has 0 heterocycles. The third-order valence-corrected chi connectivity index (χ3v) is 4.43. The molecular formula is C16H17FO3S. The first-order valence-corrected chi connectivity index (χ1v) is 7.90. The Morgan fingerprint density at radius 2 is 1.48 bits per heavy atom. The first-order chi connectivity index (χ1) is 9.70. The van der Waals surface area contributed by atoms with Crippen molar-refractivity contribution in [2.24, 2.45) is 0 Å². The standard InChI is InChI=1S/C16H17FO3S/c1-10-7-12(3)16(13(4)8-10)20-21(18,19)14-5-6-15(17)11(2)9-14/h5-9H,1-4H3. The first kappa shape index (κ1) is 15.5. The Morgan fingerprint density at radius 3 is 2.00 bits per heavy atom. The second kappa shape index (κ2) is 5.48. The van der Waals surface area contributed by atoms with Gasteiger partial charge < -0.3 is 4.18 Å². The van der Waals surface area contributed by atoms with Gasteiger partial charge in [-0.05, 0) is 62.6 Å². The number of hydrogen-bond acceptors (Lipinski definition) is 3. The topological polar surface area (TPSA) is 43.4 Å². The summed E-state index contributed by atoms with van der Waals surface area (Å²) in [7, 11) is -3.98. The Labute approximate surface area is 124 Å². The Hall–Kier alpha value is -1.88. The number of rotatable bonds is 3. The summed E-state index contributed by atoms with van der Waals surface area (Å²) < 4.78 is 43.1. The summed E-state index contributed by atoms with van der Waals surface area (Å²) in [6.07, 6.45) is 0. The molecule has 21 heavy (non-hydrogen) atoms. The van der Waals surface area contributed by atoms with Gasteiger partial charge in [0.15, 0.2) is 0 Å². The van der Waals surface area contributed by atoms with Crippen LogP contribution in [0.15, 0.2) is 35.2 Å². The zero-order valence-electron chi connectivity index (χ0n) is 12.4. The highest BCUT2D eigenvalue weighted by Crippen LogP contribution is 2.28. The monoisotopic (exact) mass is 308 g/mol. The molecule has 0 aliphatic carbocycles. The molecule has 0 fully saturated rings. The van der Waals surface area contributed by atoms with E-state index in [1.807, 2.05) is 19.1 Å². The zero-order valence-corrected chi connectivity index (χ0v) is 13.2. The second-order valence-electron chi connectivity index (χ2n) is 5.18. The van der Waals surface area contributed by atoms with Gasteiger partial charge in [-0.3, -0.25) is 0 Å². The molecule has 0 saturated carbocycles. The van der Waals surface area contributed by atoms with Gasteiger partial charge in [-0.1, -0.05) is 17.7 Å². The van der Waals surface area contributed by atoms with Gasteiger partial charge in [-0.2, -0.15) is 8.42 Å². The minimum Gasteiger partial charge on any atom is -0.378 e. The Kier molecular flexibility index (Phi) is 4.05. The van der Waals surface area contributed by atoms with E-state index in [2.05, 4.69) is 0 Å². The van der Waals surface area contributed by atoms with Crippen LogP contribution in [0.3, 0.4) is 0 Å². The molecular weight excluding hydrogens is 291 g/mol. The summed E-state index contributed by atoms with van der Waals surface area (Å²) in [5.74, 6) is -0.126. The SMILES string of the molecule is Cc1cc(C)c(OS(=O)(=O)c2ccc(F)c(C)c2)c(C)c1. The molecule has 0 unspecified atom stereocenters. The average Bonchev–Trinajstić information content (AvgIpc) is 2.37. The molecule has 0 aliphatic heterocycles. The molecule has 0 amide bonds. The number of benzene rings is 2. The minimum atomic E-state index is -3.98. The molecule has 0 aromatic heterocycles. The smallest absolute Gasteiger partial charge is 0.339 e. The van der Waals surface area contributed by atoms with Crippen LogP contribution in [0.25, 0.3) is 0 Å². The van der Waals surface area contributed by atoms with Crippen LogP contribution in [0.4, 0.5) is 4.39 Å². The van der Waals surface area contributed by atoms with Crippen LogP contribution < -0.4 is 4.18 Å². The third kappa shape index (κ3) is 3.24. The third-order valence-electron chi connectivity index (χ3n) is 3.22. The highest BCUT2D eigenvalue weighted by molar-refractivity contribution is 7.87. The highest BCUT2D eigenvalue weighted by Gasteiger charge is 2.20. The average molecular weight is 308 g/mol. The molecule has 3 nitrogen and oxygen atoms in total. The summed E-state index contributed by atoms with van der Waals surface area (Å²) >= 11 is 0. The van der Waals surface area contributed by atoms with E-state index in [1.165, 1.54) is 19.1 Å². The van der Waals surface area contributed by atoms with E-state index in [-0.39, 0.29) is 10.5 Å². The van der Waals surface area contributed by atoms with E-state index < -0.39 is 15.9 Å². The second-order valence-corrected chi connectivity index (χ2v) is 6.72. The molecule has 2 aromatic carbocycles. The lowest BCUT2D eigenvalue weighted by Crippen LogP contribution is -2.12. The zero-order chi connectivity index (χ0) is 15.8. The quantitative estimate of drug-likeness (QED) is 0.809. The van der Waals surface area contributed by atoms with Crippen molar-refractivity contribution in [3.63, 3.8) is 0 Å². The van der Waals surface area contributed by atoms with E-state index in [1.54, 1.807) is 13.8 Å². The van der Waals surface area contributed by atoms with Crippen molar-refractivity contribution < 1.29 is 17.0 Å². The molecule has 0 saturated heterocycles. The highest BCUT2D eigenvalue weighted by atomic mass is 32.2. The van der Waals surface area contributed by atoms with Gasteiger partial charge in [-0.25, -0.2) is 4.39 Å². The van der Waals surface area contributed by atoms with E-state index in [0.29, 0.717) is 5.75 Å². The summed E-state index contributed by atoms with van der Waals surface area (Å²) in [4.78, 5) is -0.0548. The fourth-order valence-corrected chi connectivity index (χ4v) is 3.36. The van der Waals surface area contributed by atoms with E-state index in [9.17, 15) is 12.8 Å². The largest absolute Gasteiger partial charge is 0.378 e. The van der Waals surface area contributed by atoms with Crippen molar-refractivity contribution in [1.82, 2.24) is 0 Å². The molecule has 5 heteroatoms. The van der Waals surface area contributed by atoms with Gasteiger partial charge in [0.2, 0.25) is 0 Å². The summed E-state index contributed by atoms with van der Waals surface area (Å²) in [5.41, 5.74) is 2.79. The van der Waals surface area contributed by atoms with Gasteiger partial charge in [0.1, 0.15) is 16.5 Å². The molecule has 0 aliphatic rings. The lowest BCUT2D eigenvalue weighted by atomic mass is 10.1. The summed E-state index contributed by atoms with van der Waals surface area (Å²) in [5, 5.41) is 0. The van der Waals surface area contributed by atoms with Crippen molar-refractivity contribution in [1.29, 1.82) is 0 Å². The van der Waals surface area contributed by atoms with Crippen LogP contribution in [0.1, 0.15) is 22.3 Å². The van der Waals surface area contributed by atoms with Crippen LogP contribution in [0.5, 0.6) is 5.75 Å². The molecule has 0 spiro atoms. The number of hydrogen-bond donors (Lipinski definition) is 0. The predicted octanol–water partition coefficient (Wildman–Crippen LogP) is 3.83. The normalized spacial score (nSPS) is 11.5. The molecule has 0 N–H and O–H groups in total. The molecule has 2 rings (SSSR count). The molecule has 0 bridgehead atoms. The Bertz CT molecular complexity index is 772. The van der Waals surface area contributed by atoms with Crippen molar-refractivity contribution in [3.8, 4) is 5.75 Å². The first-order valence-electron chi connectivity index (χ1n) is 6.49. The molecule has 2 aromatic rings. The number of halogens is 1. The minimum absolute atomic E-state index is 0.0548. The fourth-order valence-electron chi connectivity index (χ4n) is 2.23. The van der Waals surface area contributed by atoms with Gasteiger partial charge in [0.05, 0.1) is 0 Å². The van der Waals surface area contributed by atoms with E-state index >= 15 is 0 Å². The molecule has 0 atom stereocenters. The van der Waals surface area contributed by atoms with E-state index in [0.717, 1.165) is 22.8 Å². The van der Waals surface area contributed by atoms with Crippen molar-refractivity contribution >= 4 is 10.1 Å². The van der Waals surface area contributed by atoms with Crippen LogP contribution in [-0.2, 0) is 10.1 Å². The Balaban J connectivity index is 2.44. The van der Waals surface area contributed by atoms with Crippen LogP contribution in [-0.4, -0.2) is 8.42 Å². The maximum Gasteiger partial charge on any atom is 0.339 e. The van der Waals surface area contributed by atoms with E-state index in [4.69, 9.17) is 4.18 Å². The van der Waals surface area contributed by atoms with Gasteiger partial charge in [0.25, 0.3) is 0 Å². The molecule has 112 valence electrons. The fraction of sp³-hybridized carbons (Fsp3) is 0.250. The van der Waals surface area contributed by atoms with Crippen LogP contribution >= 0.6 is 0 Å². The maximum absolute atomic E-state index is 13.3.